The predicted octanol–water partition coefficient (Wildman–Crippen LogP) is 1.11. The Hall–Kier alpha value is -0.940. The highest BCUT2D eigenvalue weighted by Crippen LogP contribution is 2.24. The molecule has 1 fully saturated rings. The number of aryl methyl sites for hydroxylation is 1. The average Bonchev–Trinajstić information content (AvgIpc) is 2.89. The summed E-state index contributed by atoms with van der Waals surface area (Å²) in [6, 6.07) is 0. The highest BCUT2D eigenvalue weighted by atomic mass is 32.1. The summed E-state index contributed by atoms with van der Waals surface area (Å²) in [6.07, 6.45) is 1.74. The summed E-state index contributed by atoms with van der Waals surface area (Å²) in [5.74, 6) is 0.162. The molecule has 2 rings (SSSR count). The van der Waals surface area contributed by atoms with Crippen molar-refractivity contribution in [3.63, 3.8) is 0 Å². The SMILES string of the molecule is Cc1nc(CCNC(=O)C2(C)CCNC2)cs1. The van der Waals surface area contributed by atoms with E-state index in [0.717, 1.165) is 36.6 Å². The van der Waals surface area contributed by atoms with Crippen LogP contribution in [-0.4, -0.2) is 30.5 Å². The van der Waals surface area contributed by atoms with Gasteiger partial charge in [0.05, 0.1) is 16.1 Å². The van der Waals surface area contributed by atoms with Crippen LogP contribution in [0.1, 0.15) is 24.0 Å². The second-order valence-corrected chi connectivity index (χ2v) is 5.91. The number of thiazole rings is 1. The number of aromatic nitrogens is 1. The molecule has 1 unspecified atom stereocenters. The number of hydrogen-bond donors (Lipinski definition) is 2. The Bertz CT molecular complexity index is 396. The smallest absolute Gasteiger partial charge is 0.227 e. The lowest BCUT2D eigenvalue weighted by atomic mass is 9.89. The molecule has 0 spiro atoms. The van der Waals surface area contributed by atoms with Gasteiger partial charge in [0.1, 0.15) is 0 Å². The zero-order chi connectivity index (χ0) is 12.3. The molecule has 0 aliphatic carbocycles. The van der Waals surface area contributed by atoms with Crippen LogP contribution in [-0.2, 0) is 11.2 Å². The summed E-state index contributed by atoms with van der Waals surface area (Å²) < 4.78 is 0. The van der Waals surface area contributed by atoms with Crippen LogP contribution in [0.3, 0.4) is 0 Å². The van der Waals surface area contributed by atoms with Gasteiger partial charge in [0.2, 0.25) is 5.91 Å². The van der Waals surface area contributed by atoms with Crippen LogP contribution in [0.15, 0.2) is 5.38 Å². The van der Waals surface area contributed by atoms with Gasteiger partial charge in [-0.15, -0.1) is 11.3 Å². The van der Waals surface area contributed by atoms with Gasteiger partial charge < -0.3 is 10.6 Å². The molecule has 1 amide bonds. The largest absolute Gasteiger partial charge is 0.355 e. The number of carbonyl (C=O) groups is 1. The predicted molar refractivity (Wildman–Crippen MR) is 69.2 cm³/mol. The molecule has 0 radical (unpaired) electrons. The van der Waals surface area contributed by atoms with Crippen LogP contribution in [0.25, 0.3) is 0 Å². The summed E-state index contributed by atoms with van der Waals surface area (Å²) in [6.45, 7) is 6.43. The van der Waals surface area contributed by atoms with Gasteiger partial charge in [0, 0.05) is 24.9 Å². The summed E-state index contributed by atoms with van der Waals surface area (Å²) in [4.78, 5) is 16.4. The monoisotopic (exact) mass is 253 g/mol. The lowest BCUT2D eigenvalue weighted by Gasteiger charge is -2.21. The Balaban J connectivity index is 1.77. The average molecular weight is 253 g/mol. The number of nitrogens with one attached hydrogen (secondary N) is 2. The van der Waals surface area contributed by atoms with Gasteiger partial charge in [-0.1, -0.05) is 0 Å². The van der Waals surface area contributed by atoms with Crippen LogP contribution in [0.5, 0.6) is 0 Å². The third-order valence-electron chi connectivity index (χ3n) is 3.25. The van der Waals surface area contributed by atoms with Crippen molar-refractivity contribution in [2.45, 2.75) is 26.7 Å². The standard InChI is InChI=1S/C12H19N3OS/c1-9-15-10(7-17-9)3-5-14-11(16)12(2)4-6-13-8-12/h7,13H,3-6,8H2,1-2H3,(H,14,16). The van der Waals surface area contributed by atoms with E-state index in [-0.39, 0.29) is 11.3 Å². The van der Waals surface area contributed by atoms with Gasteiger partial charge in [0.15, 0.2) is 0 Å². The maximum Gasteiger partial charge on any atom is 0.227 e. The summed E-state index contributed by atoms with van der Waals surface area (Å²) in [5, 5.41) is 9.38. The Morgan fingerprint density at radius 2 is 2.53 bits per heavy atom. The van der Waals surface area contributed by atoms with E-state index in [4.69, 9.17) is 0 Å². The molecule has 94 valence electrons. The number of carbonyl (C=O) groups excluding carboxylic acids is 1. The van der Waals surface area contributed by atoms with E-state index < -0.39 is 0 Å². The van der Waals surface area contributed by atoms with Crippen LogP contribution < -0.4 is 10.6 Å². The minimum absolute atomic E-state index is 0.162. The second kappa shape index (κ2) is 5.14. The van der Waals surface area contributed by atoms with Crippen LogP contribution in [0, 0.1) is 12.3 Å². The van der Waals surface area contributed by atoms with Crippen molar-refractivity contribution in [3.8, 4) is 0 Å². The number of hydrogen-bond acceptors (Lipinski definition) is 4. The molecule has 4 nitrogen and oxygen atoms in total. The van der Waals surface area contributed by atoms with Crippen molar-refractivity contribution < 1.29 is 4.79 Å². The minimum Gasteiger partial charge on any atom is -0.355 e. The molecule has 2 N–H and O–H groups in total. The van der Waals surface area contributed by atoms with E-state index in [1.807, 2.05) is 13.8 Å². The molecule has 2 heterocycles. The fourth-order valence-electron chi connectivity index (χ4n) is 2.05. The van der Waals surface area contributed by atoms with Gasteiger partial charge >= 0.3 is 0 Å². The maximum absolute atomic E-state index is 12.0. The van der Waals surface area contributed by atoms with Crippen molar-refractivity contribution in [1.29, 1.82) is 0 Å². The van der Waals surface area contributed by atoms with Crippen molar-refractivity contribution in [1.82, 2.24) is 15.6 Å². The normalized spacial score (nSPS) is 23.9. The van der Waals surface area contributed by atoms with Gasteiger partial charge in [0.25, 0.3) is 0 Å². The molecule has 5 heteroatoms. The molecule has 1 aromatic rings. The first-order chi connectivity index (χ1) is 8.10. The molecular formula is C12H19N3OS. The van der Waals surface area contributed by atoms with Gasteiger partial charge in [-0.3, -0.25) is 4.79 Å². The highest BCUT2D eigenvalue weighted by Gasteiger charge is 2.35. The van der Waals surface area contributed by atoms with E-state index in [1.165, 1.54) is 0 Å². The van der Waals surface area contributed by atoms with Crippen LogP contribution in [0.4, 0.5) is 0 Å². The number of nitrogens with zero attached hydrogens (tertiary/aromatic N) is 1. The van der Waals surface area contributed by atoms with Crippen molar-refractivity contribution in [2.75, 3.05) is 19.6 Å². The van der Waals surface area contributed by atoms with E-state index >= 15 is 0 Å². The van der Waals surface area contributed by atoms with E-state index in [9.17, 15) is 4.79 Å². The lowest BCUT2D eigenvalue weighted by molar-refractivity contribution is -0.129. The van der Waals surface area contributed by atoms with E-state index in [2.05, 4.69) is 21.0 Å². The molecular weight excluding hydrogens is 234 g/mol. The molecule has 1 aliphatic rings. The van der Waals surface area contributed by atoms with Gasteiger partial charge in [-0.05, 0) is 26.8 Å². The summed E-state index contributed by atoms with van der Waals surface area (Å²) >= 11 is 1.65. The zero-order valence-electron chi connectivity index (χ0n) is 10.4. The van der Waals surface area contributed by atoms with Gasteiger partial charge in [-0.25, -0.2) is 4.98 Å². The third-order valence-corrected chi connectivity index (χ3v) is 4.07. The third kappa shape index (κ3) is 3.04. The Morgan fingerprint density at radius 1 is 1.71 bits per heavy atom. The van der Waals surface area contributed by atoms with Gasteiger partial charge in [-0.2, -0.15) is 0 Å². The fraction of sp³-hybridized carbons (Fsp3) is 0.667. The lowest BCUT2D eigenvalue weighted by Crippen LogP contribution is -2.41. The molecule has 17 heavy (non-hydrogen) atoms. The van der Waals surface area contributed by atoms with Crippen molar-refractivity contribution >= 4 is 17.2 Å². The summed E-state index contributed by atoms with van der Waals surface area (Å²) in [5.41, 5.74) is 0.848. The molecule has 0 bridgehead atoms. The summed E-state index contributed by atoms with van der Waals surface area (Å²) in [7, 11) is 0. The zero-order valence-corrected chi connectivity index (χ0v) is 11.2. The molecule has 1 aliphatic heterocycles. The number of amides is 1. The quantitative estimate of drug-likeness (QED) is 0.845. The maximum atomic E-state index is 12.0. The first-order valence-corrected chi connectivity index (χ1v) is 6.88. The van der Waals surface area contributed by atoms with Crippen LogP contribution >= 0.6 is 11.3 Å². The van der Waals surface area contributed by atoms with Crippen LogP contribution in [0.2, 0.25) is 0 Å². The Morgan fingerprint density at radius 3 is 3.12 bits per heavy atom. The first kappa shape index (κ1) is 12.5. The minimum atomic E-state index is -0.224. The Labute approximate surface area is 106 Å². The highest BCUT2D eigenvalue weighted by molar-refractivity contribution is 7.09. The van der Waals surface area contributed by atoms with Crippen molar-refractivity contribution in [3.05, 3.63) is 16.1 Å². The second-order valence-electron chi connectivity index (χ2n) is 4.85. The molecule has 1 atom stereocenters. The first-order valence-electron chi connectivity index (χ1n) is 6.00. The Kier molecular flexibility index (Phi) is 3.79. The molecule has 0 aromatic carbocycles. The number of rotatable bonds is 4. The van der Waals surface area contributed by atoms with E-state index in [1.54, 1.807) is 11.3 Å². The van der Waals surface area contributed by atoms with E-state index in [0.29, 0.717) is 6.54 Å². The topological polar surface area (TPSA) is 54.0 Å². The van der Waals surface area contributed by atoms with Crippen molar-refractivity contribution in [2.24, 2.45) is 5.41 Å². The molecule has 1 saturated heterocycles. The molecule has 0 saturated carbocycles. The molecule has 1 aromatic heterocycles. The fourth-order valence-corrected chi connectivity index (χ4v) is 2.70.